The Morgan fingerprint density at radius 1 is 1.44 bits per heavy atom. The molecule has 4 nitrogen and oxygen atoms in total. The van der Waals surface area contributed by atoms with E-state index in [9.17, 15) is 13.6 Å². The number of aromatic amines is 1. The summed E-state index contributed by atoms with van der Waals surface area (Å²) >= 11 is 0. The molecule has 0 fully saturated rings. The molecule has 0 aliphatic carbocycles. The van der Waals surface area contributed by atoms with Gasteiger partial charge in [-0.1, -0.05) is 0 Å². The fourth-order valence-corrected chi connectivity index (χ4v) is 1.16. The normalized spacial score (nSPS) is 11.1. The first-order valence-electron chi connectivity index (χ1n) is 4.93. The van der Waals surface area contributed by atoms with Crippen LogP contribution < -0.4 is 5.56 Å². The Balaban J connectivity index is 2.52. The first kappa shape index (κ1) is 12.8. The Labute approximate surface area is 91.7 Å². The Morgan fingerprint density at radius 3 is 2.69 bits per heavy atom. The minimum atomic E-state index is -2.47. The molecule has 0 unspecified atom stereocenters. The van der Waals surface area contributed by atoms with Gasteiger partial charge in [-0.2, -0.15) is 0 Å². The topological polar surface area (TPSA) is 55.0 Å². The van der Waals surface area contributed by atoms with Gasteiger partial charge in [-0.3, -0.25) is 4.79 Å². The summed E-state index contributed by atoms with van der Waals surface area (Å²) in [4.78, 5) is 18.0. The summed E-state index contributed by atoms with van der Waals surface area (Å²) in [6.07, 6.45) is -2.14. The van der Waals surface area contributed by atoms with Gasteiger partial charge in [0.25, 0.3) is 12.0 Å². The van der Waals surface area contributed by atoms with Crippen LogP contribution in [0.15, 0.2) is 4.79 Å². The second kappa shape index (κ2) is 5.69. The minimum Gasteiger partial charge on any atom is -0.375 e. The van der Waals surface area contributed by atoms with E-state index in [4.69, 9.17) is 4.74 Å². The Hall–Kier alpha value is -1.30. The molecule has 0 saturated carbocycles. The zero-order valence-corrected chi connectivity index (χ0v) is 9.22. The highest BCUT2D eigenvalue weighted by molar-refractivity contribution is 5.13. The fourth-order valence-electron chi connectivity index (χ4n) is 1.16. The number of hydrogen-bond acceptors (Lipinski definition) is 3. The van der Waals surface area contributed by atoms with Crippen molar-refractivity contribution < 1.29 is 13.5 Å². The number of hydrogen-bond donors (Lipinski definition) is 1. The number of rotatable bonds is 5. The van der Waals surface area contributed by atoms with Crippen LogP contribution in [0, 0.1) is 13.8 Å². The summed E-state index contributed by atoms with van der Waals surface area (Å²) in [6.45, 7) is 2.94. The van der Waals surface area contributed by atoms with Gasteiger partial charge in [-0.15, -0.1) is 0 Å². The van der Waals surface area contributed by atoms with Gasteiger partial charge in [0.05, 0.1) is 6.61 Å². The predicted octanol–water partition coefficient (Wildman–Crippen LogP) is 1.21. The average molecular weight is 232 g/mol. The number of nitrogens with zero attached hydrogens (tertiary/aromatic N) is 1. The third-order valence-electron chi connectivity index (χ3n) is 2.17. The second-order valence-electron chi connectivity index (χ2n) is 3.44. The molecular weight excluding hydrogens is 218 g/mol. The molecule has 0 spiro atoms. The SMILES string of the molecule is Cc1nc(CCOCC(F)F)[nH]c(=O)c1C. The molecule has 1 N–H and O–H groups in total. The summed E-state index contributed by atoms with van der Waals surface area (Å²) in [7, 11) is 0. The molecule has 0 radical (unpaired) electrons. The summed E-state index contributed by atoms with van der Waals surface area (Å²) in [5.41, 5.74) is 1.02. The predicted molar refractivity (Wildman–Crippen MR) is 54.9 cm³/mol. The van der Waals surface area contributed by atoms with Gasteiger partial charge >= 0.3 is 0 Å². The van der Waals surface area contributed by atoms with Crippen molar-refractivity contribution >= 4 is 0 Å². The number of ether oxygens (including phenoxy) is 1. The second-order valence-corrected chi connectivity index (χ2v) is 3.44. The van der Waals surface area contributed by atoms with Gasteiger partial charge in [0.2, 0.25) is 0 Å². The number of alkyl halides is 2. The zero-order valence-electron chi connectivity index (χ0n) is 9.22. The van der Waals surface area contributed by atoms with E-state index in [2.05, 4.69) is 9.97 Å². The number of aromatic nitrogens is 2. The van der Waals surface area contributed by atoms with E-state index in [0.29, 0.717) is 23.5 Å². The summed E-state index contributed by atoms with van der Waals surface area (Å²) in [5, 5.41) is 0. The smallest absolute Gasteiger partial charge is 0.261 e. The summed E-state index contributed by atoms with van der Waals surface area (Å²) in [5.74, 6) is 0.461. The highest BCUT2D eigenvalue weighted by atomic mass is 19.3. The van der Waals surface area contributed by atoms with E-state index in [0.717, 1.165) is 0 Å². The Kier molecular flexibility index (Phi) is 4.54. The van der Waals surface area contributed by atoms with Crippen molar-refractivity contribution in [2.45, 2.75) is 26.7 Å². The van der Waals surface area contributed by atoms with Crippen molar-refractivity contribution in [3.05, 3.63) is 27.4 Å². The standard InChI is InChI=1S/C10H14F2N2O2/c1-6-7(2)13-9(14-10(6)15)3-4-16-5-8(11)12/h8H,3-5H2,1-2H3,(H,13,14,15). The van der Waals surface area contributed by atoms with E-state index in [-0.39, 0.29) is 12.2 Å². The molecule has 1 aromatic rings. The molecule has 0 aliphatic rings. The molecule has 1 heterocycles. The molecule has 0 atom stereocenters. The van der Waals surface area contributed by atoms with E-state index in [1.807, 2.05) is 0 Å². The molecule has 0 aliphatic heterocycles. The Morgan fingerprint density at radius 2 is 2.12 bits per heavy atom. The molecule has 1 rings (SSSR count). The number of halogens is 2. The van der Waals surface area contributed by atoms with Crippen molar-refractivity contribution in [1.82, 2.24) is 9.97 Å². The first-order valence-corrected chi connectivity index (χ1v) is 4.93. The quantitative estimate of drug-likeness (QED) is 0.776. The van der Waals surface area contributed by atoms with Crippen LogP contribution in [-0.2, 0) is 11.2 Å². The maximum atomic E-state index is 11.7. The van der Waals surface area contributed by atoms with E-state index < -0.39 is 13.0 Å². The van der Waals surface area contributed by atoms with Crippen LogP contribution in [0.1, 0.15) is 17.1 Å². The highest BCUT2D eigenvalue weighted by Gasteiger charge is 2.05. The number of H-pyrrole nitrogens is 1. The third-order valence-corrected chi connectivity index (χ3v) is 2.17. The van der Waals surface area contributed by atoms with Gasteiger partial charge in [-0.25, -0.2) is 13.8 Å². The van der Waals surface area contributed by atoms with Crippen molar-refractivity contribution in [3.63, 3.8) is 0 Å². The van der Waals surface area contributed by atoms with Gasteiger partial charge in [0.15, 0.2) is 0 Å². The van der Waals surface area contributed by atoms with Crippen LogP contribution in [0.5, 0.6) is 0 Å². The average Bonchev–Trinajstić information content (AvgIpc) is 2.20. The minimum absolute atomic E-state index is 0.121. The highest BCUT2D eigenvalue weighted by Crippen LogP contribution is 1.98. The molecule has 6 heteroatoms. The summed E-state index contributed by atoms with van der Waals surface area (Å²) in [6, 6.07) is 0. The van der Waals surface area contributed by atoms with Crippen LogP contribution in [0.4, 0.5) is 8.78 Å². The largest absolute Gasteiger partial charge is 0.375 e. The van der Waals surface area contributed by atoms with Crippen molar-refractivity contribution in [3.8, 4) is 0 Å². The van der Waals surface area contributed by atoms with Crippen molar-refractivity contribution in [2.24, 2.45) is 0 Å². The lowest BCUT2D eigenvalue weighted by atomic mass is 10.2. The lowest BCUT2D eigenvalue weighted by Crippen LogP contribution is -2.18. The zero-order chi connectivity index (χ0) is 12.1. The van der Waals surface area contributed by atoms with Crippen LogP contribution >= 0.6 is 0 Å². The number of aryl methyl sites for hydroxylation is 1. The van der Waals surface area contributed by atoms with E-state index >= 15 is 0 Å². The lowest BCUT2D eigenvalue weighted by Gasteiger charge is -2.05. The maximum Gasteiger partial charge on any atom is 0.261 e. The van der Waals surface area contributed by atoms with Crippen LogP contribution in [-0.4, -0.2) is 29.6 Å². The van der Waals surface area contributed by atoms with Gasteiger partial charge in [-0.05, 0) is 13.8 Å². The first-order chi connectivity index (χ1) is 7.50. The maximum absolute atomic E-state index is 11.7. The molecule has 90 valence electrons. The van der Waals surface area contributed by atoms with E-state index in [1.54, 1.807) is 13.8 Å². The van der Waals surface area contributed by atoms with Crippen molar-refractivity contribution in [2.75, 3.05) is 13.2 Å². The van der Waals surface area contributed by atoms with Crippen LogP contribution in [0.25, 0.3) is 0 Å². The number of nitrogens with one attached hydrogen (secondary N) is 1. The molecule has 0 saturated heterocycles. The Bertz CT molecular complexity index is 404. The molecule has 0 bridgehead atoms. The van der Waals surface area contributed by atoms with Gasteiger partial charge in [0.1, 0.15) is 12.4 Å². The molecule has 1 aromatic heterocycles. The lowest BCUT2D eigenvalue weighted by molar-refractivity contribution is 0.0182. The van der Waals surface area contributed by atoms with Crippen LogP contribution in [0.2, 0.25) is 0 Å². The monoisotopic (exact) mass is 232 g/mol. The molecule has 0 aromatic carbocycles. The molecule has 0 amide bonds. The fraction of sp³-hybridized carbons (Fsp3) is 0.600. The van der Waals surface area contributed by atoms with E-state index in [1.165, 1.54) is 0 Å². The van der Waals surface area contributed by atoms with Gasteiger partial charge in [0, 0.05) is 17.7 Å². The van der Waals surface area contributed by atoms with Gasteiger partial charge < -0.3 is 9.72 Å². The molecular formula is C10H14F2N2O2. The molecule has 16 heavy (non-hydrogen) atoms. The van der Waals surface area contributed by atoms with Crippen molar-refractivity contribution in [1.29, 1.82) is 0 Å². The van der Waals surface area contributed by atoms with Crippen LogP contribution in [0.3, 0.4) is 0 Å². The third kappa shape index (κ3) is 3.69. The summed E-state index contributed by atoms with van der Waals surface area (Å²) < 4.78 is 28.2.